The van der Waals surface area contributed by atoms with Crippen molar-refractivity contribution in [3.05, 3.63) is 72.4 Å². The molecule has 0 unspecified atom stereocenters. The minimum absolute atomic E-state index is 0.0633. The molecule has 3 aromatic rings. The highest BCUT2D eigenvalue weighted by molar-refractivity contribution is 5.93. The Hall–Kier alpha value is -3.02. The molecule has 1 amide bonds. The molecular formula is C16H15N5O. The number of hydrogen-bond donors (Lipinski definition) is 0. The maximum atomic E-state index is 12.4. The lowest BCUT2D eigenvalue weighted by Gasteiger charge is -2.17. The molecule has 0 fully saturated rings. The highest BCUT2D eigenvalue weighted by Gasteiger charge is 2.12. The van der Waals surface area contributed by atoms with Crippen molar-refractivity contribution in [3.63, 3.8) is 0 Å². The highest BCUT2D eigenvalue weighted by Crippen LogP contribution is 2.09. The molecule has 0 spiro atoms. The molecule has 3 rings (SSSR count). The SMILES string of the molecule is CN(Cc1ccccc1)C(=O)c1ccc(-n2cnnc2)nc1. The summed E-state index contributed by atoms with van der Waals surface area (Å²) in [5.74, 6) is 0.610. The molecule has 0 atom stereocenters. The normalized spacial score (nSPS) is 10.4. The van der Waals surface area contributed by atoms with Crippen molar-refractivity contribution in [2.75, 3.05) is 7.05 Å². The van der Waals surface area contributed by atoms with Gasteiger partial charge in [0.2, 0.25) is 0 Å². The highest BCUT2D eigenvalue weighted by atomic mass is 16.2. The minimum Gasteiger partial charge on any atom is -0.337 e. The molecule has 110 valence electrons. The van der Waals surface area contributed by atoms with E-state index in [4.69, 9.17) is 0 Å². The van der Waals surface area contributed by atoms with Crippen LogP contribution in [0.25, 0.3) is 5.82 Å². The molecule has 0 bridgehead atoms. The van der Waals surface area contributed by atoms with Crippen LogP contribution in [0, 0.1) is 0 Å². The number of nitrogens with zero attached hydrogens (tertiary/aromatic N) is 5. The van der Waals surface area contributed by atoms with Gasteiger partial charge in [-0.3, -0.25) is 9.36 Å². The van der Waals surface area contributed by atoms with E-state index in [2.05, 4.69) is 15.2 Å². The summed E-state index contributed by atoms with van der Waals surface area (Å²) in [6.45, 7) is 0.562. The Balaban J connectivity index is 1.72. The summed E-state index contributed by atoms with van der Waals surface area (Å²) in [7, 11) is 1.78. The van der Waals surface area contributed by atoms with E-state index < -0.39 is 0 Å². The molecule has 0 aliphatic heterocycles. The second-order valence-corrected chi connectivity index (χ2v) is 4.92. The van der Waals surface area contributed by atoms with Crippen LogP contribution in [0.2, 0.25) is 0 Å². The van der Waals surface area contributed by atoms with Gasteiger partial charge in [-0.1, -0.05) is 30.3 Å². The van der Waals surface area contributed by atoms with Gasteiger partial charge >= 0.3 is 0 Å². The third-order valence-corrected chi connectivity index (χ3v) is 3.29. The van der Waals surface area contributed by atoms with E-state index in [1.54, 1.807) is 47.5 Å². The number of carbonyl (C=O) groups is 1. The summed E-state index contributed by atoms with van der Waals surface area (Å²) < 4.78 is 1.68. The van der Waals surface area contributed by atoms with Gasteiger partial charge in [0.1, 0.15) is 18.5 Å². The molecule has 2 aromatic heterocycles. The summed E-state index contributed by atoms with van der Waals surface area (Å²) in [6.07, 6.45) is 4.69. The number of hydrogen-bond acceptors (Lipinski definition) is 4. The summed E-state index contributed by atoms with van der Waals surface area (Å²) >= 11 is 0. The van der Waals surface area contributed by atoms with Gasteiger partial charge in [0.15, 0.2) is 0 Å². The van der Waals surface area contributed by atoms with Gasteiger partial charge in [0.05, 0.1) is 5.56 Å². The number of pyridine rings is 1. The van der Waals surface area contributed by atoms with Crippen molar-refractivity contribution in [2.45, 2.75) is 6.54 Å². The molecule has 6 nitrogen and oxygen atoms in total. The van der Waals surface area contributed by atoms with E-state index in [1.807, 2.05) is 30.3 Å². The quantitative estimate of drug-likeness (QED) is 0.737. The van der Waals surface area contributed by atoms with E-state index in [1.165, 1.54) is 0 Å². The van der Waals surface area contributed by atoms with Crippen molar-refractivity contribution in [1.29, 1.82) is 0 Å². The zero-order valence-corrected chi connectivity index (χ0v) is 12.1. The molecule has 0 saturated heterocycles. The standard InChI is InChI=1S/C16H15N5O/c1-20(10-13-5-3-2-4-6-13)16(22)14-7-8-15(17-9-14)21-11-18-19-12-21/h2-9,11-12H,10H2,1H3. The Morgan fingerprint density at radius 3 is 2.45 bits per heavy atom. The van der Waals surface area contributed by atoms with Crippen molar-refractivity contribution in [3.8, 4) is 5.82 Å². The average Bonchev–Trinajstić information content (AvgIpc) is 3.10. The van der Waals surface area contributed by atoms with E-state index in [9.17, 15) is 4.79 Å². The number of carbonyl (C=O) groups excluding carboxylic acids is 1. The first-order chi connectivity index (χ1) is 10.7. The Bertz CT molecular complexity index is 738. The number of aromatic nitrogens is 4. The molecule has 0 aliphatic rings. The maximum absolute atomic E-state index is 12.4. The molecule has 0 radical (unpaired) electrons. The van der Waals surface area contributed by atoms with Crippen molar-refractivity contribution >= 4 is 5.91 Å². The van der Waals surface area contributed by atoms with Gasteiger partial charge < -0.3 is 4.90 Å². The molecule has 22 heavy (non-hydrogen) atoms. The van der Waals surface area contributed by atoms with E-state index in [0.29, 0.717) is 17.9 Å². The lowest BCUT2D eigenvalue weighted by atomic mass is 10.2. The van der Waals surface area contributed by atoms with Crippen LogP contribution in [0.1, 0.15) is 15.9 Å². The van der Waals surface area contributed by atoms with Crippen LogP contribution in [0.15, 0.2) is 61.3 Å². The first-order valence-electron chi connectivity index (χ1n) is 6.84. The molecule has 1 aromatic carbocycles. The molecule has 0 saturated carbocycles. The molecule has 2 heterocycles. The van der Waals surface area contributed by atoms with Gasteiger partial charge in [0.25, 0.3) is 5.91 Å². The topological polar surface area (TPSA) is 63.9 Å². The van der Waals surface area contributed by atoms with E-state index >= 15 is 0 Å². The molecular weight excluding hydrogens is 278 g/mol. The van der Waals surface area contributed by atoms with Crippen LogP contribution < -0.4 is 0 Å². The molecule has 6 heteroatoms. The van der Waals surface area contributed by atoms with Crippen LogP contribution in [-0.2, 0) is 6.54 Å². The van der Waals surface area contributed by atoms with Crippen LogP contribution in [0.5, 0.6) is 0 Å². The van der Waals surface area contributed by atoms with Crippen LogP contribution in [-0.4, -0.2) is 37.6 Å². The second kappa shape index (κ2) is 6.17. The largest absolute Gasteiger partial charge is 0.337 e. The first-order valence-corrected chi connectivity index (χ1v) is 6.84. The minimum atomic E-state index is -0.0633. The zero-order valence-electron chi connectivity index (χ0n) is 12.1. The van der Waals surface area contributed by atoms with Gasteiger partial charge in [0, 0.05) is 19.8 Å². The fraction of sp³-hybridized carbons (Fsp3) is 0.125. The predicted octanol–water partition coefficient (Wildman–Crippen LogP) is 1.93. The zero-order chi connectivity index (χ0) is 15.4. The summed E-state index contributed by atoms with van der Waals surface area (Å²) in [6, 6.07) is 13.4. The van der Waals surface area contributed by atoms with E-state index in [0.717, 1.165) is 5.56 Å². The fourth-order valence-electron chi connectivity index (χ4n) is 2.13. The van der Waals surface area contributed by atoms with Gasteiger partial charge in [-0.2, -0.15) is 0 Å². The lowest BCUT2D eigenvalue weighted by Crippen LogP contribution is -2.26. The number of amides is 1. The predicted molar refractivity (Wildman–Crippen MR) is 81.4 cm³/mol. The van der Waals surface area contributed by atoms with Crippen LogP contribution >= 0.6 is 0 Å². The van der Waals surface area contributed by atoms with Gasteiger partial charge in [-0.25, -0.2) is 4.98 Å². The lowest BCUT2D eigenvalue weighted by molar-refractivity contribution is 0.0784. The van der Waals surface area contributed by atoms with E-state index in [-0.39, 0.29) is 5.91 Å². The van der Waals surface area contributed by atoms with Crippen molar-refractivity contribution in [1.82, 2.24) is 24.6 Å². The van der Waals surface area contributed by atoms with Crippen LogP contribution in [0.3, 0.4) is 0 Å². The third-order valence-electron chi connectivity index (χ3n) is 3.29. The fourth-order valence-corrected chi connectivity index (χ4v) is 2.13. The monoisotopic (exact) mass is 293 g/mol. The van der Waals surface area contributed by atoms with Crippen LogP contribution in [0.4, 0.5) is 0 Å². The Morgan fingerprint density at radius 1 is 1.09 bits per heavy atom. The average molecular weight is 293 g/mol. The number of benzene rings is 1. The first kappa shape index (κ1) is 13.9. The third kappa shape index (κ3) is 3.01. The summed E-state index contributed by atoms with van der Waals surface area (Å²) in [5, 5.41) is 7.46. The van der Waals surface area contributed by atoms with Gasteiger partial charge in [-0.15, -0.1) is 10.2 Å². The molecule has 0 N–H and O–H groups in total. The Morgan fingerprint density at radius 2 is 1.82 bits per heavy atom. The van der Waals surface area contributed by atoms with Gasteiger partial charge in [-0.05, 0) is 17.7 Å². The second-order valence-electron chi connectivity index (χ2n) is 4.92. The van der Waals surface area contributed by atoms with Crippen molar-refractivity contribution in [2.24, 2.45) is 0 Å². The Labute approximate surface area is 128 Å². The molecule has 0 aliphatic carbocycles. The summed E-state index contributed by atoms with van der Waals surface area (Å²) in [4.78, 5) is 18.3. The maximum Gasteiger partial charge on any atom is 0.255 e. The number of rotatable bonds is 4. The van der Waals surface area contributed by atoms with Crippen molar-refractivity contribution < 1.29 is 4.79 Å². The smallest absolute Gasteiger partial charge is 0.255 e. The Kier molecular flexibility index (Phi) is 3.91. The summed E-state index contributed by atoms with van der Waals surface area (Å²) in [5.41, 5.74) is 1.64.